The fraction of sp³-hybridized carbons (Fsp3) is 0.800. The molecule has 3 heteroatoms. The molecule has 1 saturated carbocycles. The number of nitrogens with zero attached hydrogens (tertiary/aromatic N) is 2. The van der Waals surface area contributed by atoms with Crippen LogP contribution in [0.2, 0.25) is 0 Å². The van der Waals surface area contributed by atoms with Crippen LogP contribution in [0.4, 0.5) is 0 Å². The fourth-order valence-corrected chi connectivity index (χ4v) is 1.99. The summed E-state index contributed by atoms with van der Waals surface area (Å²) in [6.07, 6.45) is 4.49. The van der Waals surface area contributed by atoms with Gasteiger partial charge in [0.2, 0.25) is 0 Å². The second-order valence-corrected chi connectivity index (χ2v) is 3.86. The van der Waals surface area contributed by atoms with E-state index in [4.69, 9.17) is 10.5 Å². The number of hydrogen-bond donors (Lipinski definition) is 1. The smallest absolute Gasteiger partial charge is 0.0621 e. The van der Waals surface area contributed by atoms with Crippen molar-refractivity contribution in [2.24, 2.45) is 17.0 Å². The maximum atomic E-state index is 8.75. The van der Waals surface area contributed by atoms with Gasteiger partial charge in [0.05, 0.1) is 11.8 Å². The van der Waals surface area contributed by atoms with E-state index in [1.807, 2.05) is 0 Å². The predicted molar refractivity (Wildman–Crippen MR) is 50.6 cm³/mol. The molecule has 0 saturated heterocycles. The van der Waals surface area contributed by atoms with Crippen molar-refractivity contribution in [1.82, 2.24) is 0 Å². The highest BCUT2D eigenvalue weighted by Crippen LogP contribution is 2.29. The van der Waals surface area contributed by atoms with E-state index in [0.717, 1.165) is 31.4 Å². The standard InChI is InChI=1S/C10H16N2O/c1-8-4-5-10(12-13)9(7-8)3-2-6-11/h8-9,13H,2-5,7H2,1H3/b12-10+. The summed E-state index contributed by atoms with van der Waals surface area (Å²) in [5, 5.41) is 20.5. The molecule has 3 nitrogen and oxygen atoms in total. The van der Waals surface area contributed by atoms with Crippen molar-refractivity contribution in [1.29, 1.82) is 5.26 Å². The van der Waals surface area contributed by atoms with Gasteiger partial charge in [-0.1, -0.05) is 12.1 Å². The Labute approximate surface area is 79.1 Å². The molecule has 0 amide bonds. The zero-order valence-corrected chi connectivity index (χ0v) is 8.03. The molecule has 72 valence electrons. The topological polar surface area (TPSA) is 56.4 Å². The lowest BCUT2D eigenvalue weighted by atomic mass is 9.79. The van der Waals surface area contributed by atoms with Crippen LogP contribution in [-0.2, 0) is 0 Å². The Balaban J connectivity index is 2.51. The van der Waals surface area contributed by atoms with Crippen molar-refractivity contribution < 1.29 is 5.21 Å². The average Bonchev–Trinajstić information content (AvgIpc) is 2.15. The second-order valence-electron chi connectivity index (χ2n) is 3.86. The van der Waals surface area contributed by atoms with Crippen molar-refractivity contribution in [2.75, 3.05) is 0 Å². The van der Waals surface area contributed by atoms with Crippen LogP contribution in [0.1, 0.15) is 39.0 Å². The maximum absolute atomic E-state index is 8.75. The molecule has 0 aliphatic heterocycles. The zero-order valence-electron chi connectivity index (χ0n) is 8.03. The van der Waals surface area contributed by atoms with E-state index >= 15 is 0 Å². The Morgan fingerprint density at radius 3 is 3.08 bits per heavy atom. The number of oxime groups is 1. The summed E-state index contributed by atoms with van der Waals surface area (Å²) in [4.78, 5) is 0. The molecule has 2 atom stereocenters. The van der Waals surface area contributed by atoms with Crippen molar-refractivity contribution in [3.05, 3.63) is 0 Å². The Hall–Kier alpha value is -1.04. The predicted octanol–water partition coefficient (Wildman–Crippen LogP) is 2.56. The van der Waals surface area contributed by atoms with Gasteiger partial charge in [-0.3, -0.25) is 0 Å². The van der Waals surface area contributed by atoms with E-state index < -0.39 is 0 Å². The van der Waals surface area contributed by atoms with E-state index in [1.165, 1.54) is 0 Å². The van der Waals surface area contributed by atoms with E-state index in [2.05, 4.69) is 18.1 Å². The molecular weight excluding hydrogens is 164 g/mol. The molecule has 0 aromatic carbocycles. The van der Waals surface area contributed by atoms with Crippen molar-refractivity contribution >= 4 is 5.71 Å². The third-order valence-electron chi connectivity index (χ3n) is 2.78. The molecule has 13 heavy (non-hydrogen) atoms. The lowest BCUT2D eigenvalue weighted by Gasteiger charge is -2.26. The third-order valence-corrected chi connectivity index (χ3v) is 2.78. The summed E-state index contributed by atoms with van der Waals surface area (Å²) in [5.41, 5.74) is 0.897. The molecule has 1 fully saturated rings. The summed E-state index contributed by atoms with van der Waals surface area (Å²) < 4.78 is 0. The minimum atomic E-state index is 0.341. The van der Waals surface area contributed by atoms with E-state index in [1.54, 1.807) is 0 Å². The Kier molecular flexibility index (Phi) is 3.75. The van der Waals surface area contributed by atoms with Crippen LogP contribution in [0, 0.1) is 23.2 Å². The monoisotopic (exact) mass is 180 g/mol. The molecule has 0 aromatic rings. The van der Waals surface area contributed by atoms with Crippen LogP contribution < -0.4 is 0 Å². The van der Waals surface area contributed by atoms with Crippen LogP contribution >= 0.6 is 0 Å². The lowest BCUT2D eigenvalue weighted by molar-refractivity contribution is 0.299. The number of rotatable bonds is 2. The molecule has 0 aromatic heterocycles. The Bertz CT molecular complexity index is 230. The molecule has 1 aliphatic rings. The average molecular weight is 180 g/mol. The quantitative estimate of drug-likeness (QED) is 0.524. The second kappa shape index (κ2) is 4.86. The lowest BCUT2D eigenvalue weighted by Crippen LogP contribution is -2.23. The first-order chi connectivity index (χ1) is 6.27. The van der Waals surface area contributed by atoms with Crippen LogP contribution in [-0.4, -0.2) is 10.9 Å². The van der Waals surface area contributed by atoms with E-state index in [9.17, 15) is 0 Å². The van der Waals surface area contributed by atoms with Gasteiger partial charge in [0.1, 0.15) is 0 Å². The van der Waals surface area contributed by atoms with Crippen LogP contribution in [0.15, 0.2) is 5.16 Å². The van der Waals surface area contributed by atoms with Crippen LogP contribution in [0.3, 0.4) is 0 Å². The molecule has 0 bridgehead atoms. The summed E-state index contributed by atoms with van der Waals surface area (Å²) in [6.45, 7) is 2.22. The molecule has 0 spiro atoms. The summed E-state index contributed by atoms with van der Waals surface area (Å²) in [7, 11) is 0. The largest absolute Gasteiger partial charge is 0.411 e. The first-order valence-corrected chi connectivity index (χ1v) is 4.85. The molecule has 1 rings (SSSR count). The summed E-state index contributed by atoms with van der Waals surface area (Å²) in [5.74, 6) is 1.04. The van der Waals surface area contributed by atoms with Gasteiger partial charge in [-0.25, -0.2) is 0 Å². The highest BCUT2D eigenvalue weighted by atomic mass is 16.4. The highest BCUT2D eigenvalue weighted by molar-refractivity contribution is 5.86. The third kappa shape index (κ3) is 2.73. The summed E-state index contributed by atoms with van der Waals surface area (Å²) >= 11 is 0. The summed E-state index contributed by atoms with van der Waals surface area (Å²) in [6, 6.07) is 2.14. The van der Waals surface area contributed by atoms with Gasteiger partial charge >= 0.3 is 0 Å². The first kappa shape index (κ1) is 10.0. The number of hydrogen-bond acceptors (Lipinski definition) is 3. The van der Waals surface area contributed by atoms with Gasteiger partial charge < -0.3 is 5.21 Å². The van der Waals surface area contributed by atoms with E-state index in [-0.39, 0.29) is 0 Å². The fourth-order valence-electron chi connectivity index (χ4n) is 1.99. The Morgan fingerprint density at radius 1 is 1.69 bits per heavy atom. The molecule has 1 aliphatic carbocycles. The van der Waals surface area contributed by atoms with Crippen molar-refractivity contribution in [2.45, 2.75) is 39.0 Å². The molecule has 0 heterocycles. The molecule has 2 unspecified atom stereocenters. The zero-order chi connectivity index (χ0) is 9.68. The van der Waals surface area contributed by atoms with Crippen molar-refractivity contribution in [3.8, 4) is 6.07 Å². The van der Waals surface area contributed by atoms with Gasteiger partial charge in [-0.2, -0.15) is 5.26 Å². The molecule has 0 radical (unpaired) electrons. The minimum Gasteiger partial charge on any atom is -0.411 e. The highest BCUT2D eigenvalue weighted by Gasteiger charge is 2.24. The van der Waals surface area contributed by atoms with E-state index in [0.29, 0.717) is 18.3 Å². The molecular formula is C10H16N2O. The number of nitriles is 1. The van der Waals surface area contributed by atoms with Gasteiger partial charge in [-0.15, -0.1) is 0 Å². The first-order valence-electron chi connectivity index (χ1n) is 4.85. The van der Waals surface area contributed by atoms with Crippen LogP contribution in [0.5, 0.6) is 0 Å². The minimum absolute atomic E-state index is 0.341. The van der Waals surface area contributed by atoms with Gasteiger partial charge in [0.25, 0.3) is 0 Å². The van der Waals surface area contributed by atoms with Crippen molar-refractivity contribution in [3.63, 3.8) is 0 Å². The van der Waals surface area contributed by atoms with Crippen LogP contribution in [0.25, 0.3) is 0 Å². The molecule has 1 N–H and O–H groups in total. The SMILES string of the molecule is CC1CC/C(=N\O)C(CCC#N)C1. The maximum Gasteiger partial charge on any atom is 0.0621 e. The Morgan fingerprint density at radius 2 is 2.46 bits per heavy atom. The van der Waals surface area contributed by atoms with Gasteiger partial charge in [0.15, 0.2) is 0 Å². The van der Waals surface area contributed by atoms with Gasteiger partial charge in [0, 0.05) is 12.3 Å². The van der Waals surface area contributed by atoms with Gasteiger partial charge in [-0.05, 0) is 31.6 Å². The normalized spacial score (nSPS) is 31.5.